The fourth-order valence-electron chi connectivity index (χ4n) is 3.02. The number of hydrogen-bond acceptors (Lipinski definition) is 2. The second kappa shape index (κ2) is 5.11. The maximum absolute atomic E-state index is 13.1. The van der Waals surface area contributed by atoms with Gasteiger partial charge in [0.25, 0.3) is 0 Å². The van der Waals surface area contributed by atoms with Crippen molar-refractivity contribution in [3.8, 4) is 0 Å². The average Bonchev–Trinajstić information content (AvgIpc) is 2.69. The molecule has 1 saturated carbocycles. The van der Waals surface area contributed by atoms with Crippen LogP contribution in [0.3, 0.4) is 0 Å². The summed E-state index contributed by atoms with van der Waals surface area (Å²) in [5.41, 5.74) is 0. The highest BCUT2D eigenvalue weighted by atomic mass is 19.3. The van der Waals surface area contributed by atoms with Gasteiger partial charge in [0.1, 0.15) is 0 Å². The Morgan fingerprint density at radius 2 is 1.94 bits per heavy atom. The van der Waals surface area contributed by atoms with Crippen LogP contribution in [-0.4, -0.2) is 41.0 Å². The van der Waals surface area contributed by atoms with Crippen molar-refractivity contribution in [1.82, 2.24) is 4.90 Å². The summed E-state index contributed by atoms with van der Waals surface area (Å²) in [4.78, 5) is 13.8. The Kier molecular flexibility index (Phi) is 3.90. The molecule has 104 valence electrons. The molecule has 1 N–H and O–H groups in total. The highest BCUT2D eigenvalue weighted by Crippen LogP contribution is 2.40. The first-order chi connectivity index (χ1) is 8.39. The Hall–Kier alpha value is -0.710. The van der Waals surface area contributed by atoms with E-state index in [0.29, 0.717) is 19.5 Å². The molecule has 1 saturated heterocycles. The Morgan fingerprint density at radius 3 is 2.39 bits per heavy atom. The molecule has 0 spiro atoms. The fraction of sp³-hybridized carbons (Fsp3) is 0.923. The zero-order valence-corrected chi connectivity index (χ0v) is 10.7. The summed E-state index contributed by atoms with van der Waals surface area (Å²) < 4.78 is 26.2. The lowest BCUT2D eigenvalue weighted by Crippen LogP contribution is -2.43. The molecule has 0 aromatic rings. The van der Waals surface area contributed by atoms with Crippen LogP contribution in [0, 0.1) is 11.8 Å². The highest BCUT2D eigenvalue weighted by molar-refractivity contribution is 5.79. The van der Waals surface area contributed by atoms with E-state index < -0.39 is 11.8 Å². The van der Waals surface area contributed by atoms with Crippen molar-refractivity contribution in [2.24, 2.45) is 11.8 Å². The number of hydrogen-bond donors (Lipinski definition) is 1. The van der Waals surface area contributed by atoms with Gasteiger partial charge in [0.2, 0.25) is 11.8 Å². The van der Waals surface area contributed by atoms with Gasteiger partial charge in [0.15, 0.2) is 0 Å². The second-order valence-corrected chi connectivity index (χ2v) is 5.70. The number of rotatable bonds is 2. The van der Waals surface area contributed by atoms with E-state index in [0.717, 1.165) is 12.8 Å². The molecule has 0 bridgehead atoms. The fourth-order valence-corrected chi connectivity index (χ4v) is 3.02. The molecule has 0 radical (unpaired) electrons. The first kappa shape index (κ1) is 13.7. The monoisotopic (exact) mass is 261 g/mol. The standard InChI is InChI=1S/C13H21F2NO2/c1-9(17)10-3-6-16(7-4-10)12(18)11-2-5-13(14,15)8-11/h9-11,17H,2-8H2,1H3. The summed E-state index contributed by atoms with van der Waals surface area (Å²) in [6.07, 6.45) is 1.05. The zero-order valence-electron chi connectivity index (χ0n) is 10.7. The summed E-state index contributed by atoms with van der Waals surface area (Å²) >= 11 is 0. The van der Waals surface area contributed by atoms with Crippen LogP contribution in [0.25, 0.3) is 0 Å². The van der Waals surface area contributed by atoms with E-state index in [-0.39, 0.29) is 30.8 Å². The van der Waals surface area contributed by atoms with E-state index in [9.17, 15) is 18.7 Å². The summed E-state index contributed by atoms with van der Waals surface area (Å²) in [5.74, 6) is -3.03. The number of carbonyl (C=O) groups is 1. The van der Waals surface area contributed by atoms with Crippen molar-refractivity contribution in [2.75, 3.05) is 13.1 Å². The Bertz CT molecular complexity index is 312. The van der Waals surface area contributed by atoms with Gasteiger partial charge in [0, 0.05) is 31.8 Å². The first-order valence-corrected chi connectivity index (χ1v) is 6.74. The number of alkyl halides is 2. The molecule has 2 atom stereocenters. The Balaban J connectivity index is 1.85. The van der Waals surface area contributed by atoms with Gasteiger partial charge in [-0.3, -0.25) is 4.79 Å². The molecule has 5 heteroatoms. The molecule has 18 heavy (non-hydrogen) atoms. The van der Waals surface area contributed by atoms with E-state index >= 15 is 0 Å². The molecule has 1 amide bonds. The molecule has 0 aromatic carbocycles. The molecule has 2 aliphatic rings. The van der Waals surface area contributed by atoms with Gasteiger partial charge >= 0.3 is 0 Å². The first-order valence-electron chi connectivity index (χ1n) is 6.74. The molecule has 1 aliphatic heterocycles. The summed E-state index contributed by atoms with van der Waals surface area (Å²) in [6.45, 7) is 2.95. The molecular formula is C13H21F2NO2. The van der Waals surface area contributed by atoms with E-state index in [1.807, 2.05) is 0 Å². The van der Waals surface area contributed by atoms with Crippen molar-refractivity contribution in [3.05, 3.63) is 0 Å². The van der Waals surface area contributed by atoms with Crippen molar-refractivity contribution in [3.63, 3.8) is 0 Å². The van der Waals surface area contributed by atoms with Crippen molar-refractivity contribution < 1.29 is 18.7 Å². The molecule has 1 heterocycles. The molecule has 1 aliphatic carbocycles. The maximum atomic E-state index is 13.1. The van der Waals surface area contributed by atoms with Crippen molar-refractivity contribution in [1.29, 1.82) is 0 Å². The number of carbonyl (C=O) groups excluding carboxylic acids is 1. The van der Waals surface area contributed by atoms with Crippen LogP contribution in [0.15, 0.2) is 0 Å². The third-order valence-electron chi connectivity index (χ3n) is 4.29. The molecular weight excluding hydrogens is 240 g/mol. The summed E-state index contributed by atoms with van der Waals surface area (Å²) in [7, 11) is 0. The van der Waals surface area contributed by atoms with E-state index in [1.165, 1.54) is 0 Å². The number of aliphatic hydroxyl groups excluding tert-OH is 1. The average molecular weight is 261 g/mol. The quantitative estimate of drug-likeness (QED) is 0.826. The van der Waals surface area contributed by atoms with Gasteiger partial charge in [-0.25, -0.2) is 8.78 Å². The minimum Gasteiger partial charge on any atom is -0.393 e. The molecule has 3 nitrogen and oxygen atoms in total. The number of halogens is 2. The van der Waals surface area contributed by atoms with Gasteiger partial charge < -0.3 is 10.0 Å². The van der Waals surface area contributed by atoms with E-state index in [2.05, 4.69) is 0 Å². The minimum absolute atomic E-state index is 0.115. The van der Waals surface area contributed by atoms with Gasteiger partial charge in [-0.2, -0.15) is 0 Å². The maximum Gasteiger partial charge on any atom is 0.248 e. The lowest BCUT2D eigenvalue weighted by atomic mass is 9.91. The third-order valence-corrected chi connectivity index (χ3v) is 4.29. The summed E-state index contributed by atoms with van der Waals surface area (Å²) in [5, 5.41) is 9.48. The lowest BCUT2D eigenvalue weighted by molar-refractivity contribution is -0.138. The molecule has 2 unspecified atom stereocenters. The lowest BCUT2D eigenvalue weighted by Gasteiger charge is -2.34. The van der Waals surface area contributed by atoms with Gasteiger partial charge in [-0.15, -0.1) is 0 Å². The van der Waals surface area contributed by atoms with Crippen molar-refractivity contribution in [2.45, 2.75) is 51.1 Å². The third kappa shape index (κ3) is 2.99. The molecule has 0 aromatic heterocycles. The number of aliphatic hydroxyl groups is 1. The molecule has 2 rings (SSSR count). The van der Waals surface area contributed by atoms with Crippen molar-refractivity contribution >= 4 is 5.91 Å². The van der Waals surface area contributed by atoms with Crippen LogP contribution >= 0.6 is 0 Å². The van der Waals surface area contributed by atoms with Crippen LogP contribution in [0.5, 0.6) is 0 Å². The van der Waals surface area contributed by atoms with Gasteiger partial charge in [-0.05, 0) is 32.1 Å². The SMILES string of the molecule is CC(O)C1CCN(C(=O)C2CCC(F)(F)C2)CC1. The second-order valence-electron chi connectivity index (χ2n) is 5.70. The normalized spacial score (nSPS) is 30.4. The Morgan fingerprint density at radius 1 is 1.33 bits per heavy atom. The number of likely N-dealkylation sites (tertiary alicyclic amines) is 1. The molecule has 2 fully saturated rings. The largest absolute Gasteiger partial charge is 0.393 e. The minimum atomic E-state index is -2.65. The predicted molar refractivity (Wildman–Crippen MR) is 63.3 cm³/mol. The van der Waals surface area contributed by atoms with Gasteiger partial charge in [0.05, 0.1) is 6.10 Å². The van der Waals surface area contributed by atoms with Crippen LogP contribution in [0.4, 0.5) is 8.78 Å². The Labute approximate surface area is 106 Å². The highest BCUT2D eigenvalue weighted by Gasteiger charge is 2.44. The van der Waals surface area contributed by atoms with E-state index in [1.54, 1.807) is 11.8 Å². The smallest absolute Gasteiger partial charge is 0.248 e. The van der Waals surface area contributed by atoms with E-state index in [4.69, 9.17) is 0 Å². The predicted octanol–water partition coefficient (Wildman–Crippen LogP) is 2.04. The van der Waals surface area contributed by atoms with Crippen LogP contribution in [0.2, 0.25) is 0 Å². The van der Waals surface area contributed by atoms with Gasteiger partial charge in [-0.1, -0.05) is 0 Å². The topological polar surface area (TPSA) is 40.5 Å². The van der Waals surface area contributed by atoms with Crippen LogP contribution < -0.4 is 0 Å². The summed E-state index contributed by atoms with van der Waals surface area (Å²) in [6, 6.07) is 0. The van der Waals surface area contributed by atoms with Crippen LogP contribution in [0.1, 0.15) is 39.0 Å². The zero-order chi connectivity index (χ0) is 13.3. The number of nitrogens with zero attached hydrogens (tertiary/aromatic N) is 1. The number of piperidine rings is 1. The van der Waals surface area contributed by atoms with Crippen LogP contribution in [-0.2, 0) is 4.79 Å². The number of amides is 1.